The number of anilines is 1. The van der Waals surface area contributed by atoms with Crippen LogP contribution in [-0.2, 0) is 0 Å². The van der Waals surface area contributed by atoms with Crippen molar-refractivity contribution in [3.63, 3.8) is 0 Å². The van der Waals surface area contributed by atoms with Crippen LogP contribution in [0.25, 0.3) is 0 Å². The highest BCUT2D eigenvalue weighted by Gasteiger charge is 2.28. The fraction of sp³-hybridized carbons (Fsp3) is 0.643. The maximum Gasteiger partial charge on any atom is 0.266 e. The molecule has 1 aromatic rings. The van der Waals surface area contributed by atoms with Crippen molar-refractivity contribution in [2.45, 2.75) is 31.7 Å². The molecule has 2 fully saturated rings. The predicted molar refractivity (Wildman–Crippen MR) is 78.5 cm³/mol. The van der Waals surface area contributed by atoms with E-state index in [4.69, 9.17) is 5.73 Å². The number of amides is 1. The van der Waals surface area contributed by atoms with E-state index in [1.807, 2.05) is 16.3 Å². The lowest BCUT2D eigenvalue weighted by Gasteiger charge is -2.38. The van der Waals surface area contributed by atoms with Crippen molar-refractivity contribution in [3.8, 4) is 0 Å². The molecule has 1 amide bonds. The van der Waals surface area contributed by atoms with E-state index in [0.717, 1.165) is 32.2 Å². The van der Waals surface area contributed by atoms with E-state index >= 15 is 0 Å². The van der Waals surface area contributed by atoms with Gasteiger partial charge in [0.05, 0.1) is 5.69 Å². The number of hydrogen-bond acceptors (Lipinski definition) is 4. The summed E-state index contributed by atoms with van der Waals surface area (Å²) in [6, 6.07) is 2.58. The summed E-state index contributed by atoms with van der Waals surface area (Å²) in [6.07, 6.45) is 5.42. The number of nitrogen functional groups attached to an aromatic ring is 1. The number of rotatable bonds is 2. The molecule has 0 radical (unpaired) electrons. The second-order valence-corrected chi connectivity index (χ2v) is 6.39. The van der Waals surface area contributed by atoms with Crippen LogP contribution in [-0.4, -0.2) is 47.9 Å². The summed E-state index contributed by atoms with van der Waals surface area (Å²) in [4.78, 5) is 17.6. The second kappa shape index (κ2) is 5.51. The first kappa shape index (κ1) is 12.9. The van der Waals surface area contributed by atoms with Crippen molar-refractivity contribution in [2.75, 3.05) is 31.9 Å². The Morgan fingerprint density at radius 1 is 1.21 bits per heavy atom. The van der Waals surface area contributed by atoms with Gasteiger partial charge in [-0.15, -0.1) is 11.3 Å². The van der Waals surface area contributed by atoms with Gasteiger partial charge in [0.15, 0.2) is 0 Å². The lowest BCUT2D eigenvalue weighted by molar-refractivity contribution is 0.0578. The molecule has 19 heavy (non-hydrogen) atoms. The van der Waals surface area contributed by atoms with Gasteiger partial charge in [-0.1, -0.05) is 12.8 Å². The number of nitrogens with zero attached hydrogens (tertiary/aromatic N) is 2. The Hall–Kier alpha value is -1.07. The van der Waals surface area contributed by atoms with E-state index in [0.29, 0.717) is 10.6 Å². The first-order valence-electron chi connectivity index (χ1n) is 7.12. The van der Waals surface area contributed by atoms with Crippen LogP contribution in [0.2, 0.25) is 0 Å². The van der Waals surface area contributed by atoms with Crippen LogP contribution in [0.3, 0.4) is 0 Å². The standard InChI is InChI=1S/C14H21N3OS/c15-12-5-10-19-13(12)14(18)17-8-6-16(7-9-17)11-3-1-2-4-11/h5,10-11H,1-4,6-9,15H2. The summed E-state index contributed by atoms with van der Waals surface area (Å²) in [7, 11) is 0. The molecular formula is C14H21N3OS. The maximum absolute atomic E-state index is 12.3. The maximum atomic E-state index is 12.3. The lowest BCUT2D eigenvalue weighted by atomic mass is 10.2. The van der Waals surface area contributed by atoms with Crippen LogP contribution in [0.5, 0.6) is 0 Å². The molecule has 1 aliphatic carbocycles. The van der Waals surface area contributed by atoms with E-state index in [9.17, 15) is 4.79 Å². The van der Waals surface area contributed by atoms with E-state index in [1.165, 1.54) is 37.0 Å². The number of nitrogens with two attached hydrogens (primary N) is 1. The van der Waals surface area contributed by atoms with Crippen molar-refractivity contribution in [1.82, 2.24) is 9.80 Å². The van der Waals surface area contributed by atoms with Gasteiger partial charge in [-0.05, 0) is 24.3 Å². The lowest BCUT2D eigenvalue weighted by Crippen LogP contribution is -2.51. The summed E-state index contributed by atoms with van der Waals surface area (Å²) in [6.45, 7) is 3.71. The fourth-order valence-electron chi connectivity index (χ4n) is 3.20. The van der Waals surface area contributed by atoms with Crippen molar-refractivity contribution in [3.05, 3.63) is 16.3 Å². The molecule has 1 aromatic heterocycles. The van der Waals surface area contributed by atoms with Crippen LogP contribution in [0.4, 0.5) is 5.69 Å². The van der Waals surface area contributed by atoms with E-state index in [-0.39, 0.29) is 5.91 Å². The first-order valence-corrected chi connectivity index (χ1v) is 8.00. The molecule has 3 rings (SSSR count). The largest absolute Gasteiger partial charge is 0.397 e. The normalized spacial score (nSPS) is 22.0. The summed E-state index contributed by atoms with van der Waals surface area (Å²) in [5, 5.41) is 1.89. The van der Waals surface area contributed by atoms with E-state index < -0.39 is 0 Å². The van der Waals surface area contributed by atoms with Gasteiger partial charge in [-0.3, -0.25) is 9.69 Å². The van der Waals surface area contributed by atoms with E-state index in [1.54, 1.807) is 0 Å². The van der Waals surface area contributed by atoms with Crippen LogP contribution < -0.4 is 5.73 Å². The third kappa shape index (κ3) is 2.62. The SMILES string of the molecule is Nc1ccsc1C(=O)N1CCN(C2CCCC2)CC1. The molecule has 0 spiro atoms. The summed E-state index contributed by atoms with van der Waals surface area (Å²) in [5.74, 6) is 0.110. The van der Waals surface area contributed by atoms with Gasteiger partial charge >= 0.3 is 0 Å². The highest BCUT2D eigenvalue weighted by molar-refractivity contribution is 7.12. The zero-order valence-electron chi connectivity index (χ0n) is 11.2. The quantitative estimate of drug-likeness (QED) is 0.901. The average molecular weight is 279 g/mol. The van der Waals surface area contributed by atoms with Crippen LogP contribution in [0.15, 0.2) is 11.4 Å². The Morgan fingerprint density at radius 3 is 2.47 bits per heavy atom. The minimum absolute atomic E-state index is 0.110. The molecular weight excluding hydrogens is 258 g/mol. The molecule has 0 bridgehead atoms. The fourth-order valence-corrected chi connectivity index (χ4v) is 3.98. The van der Waals surface area contributed by atoms with Gasteiger partial charge in [0, 0.05) is 32.2 Å². The summed E-state index contributed by atoms with van der Waals surface area (Å²) >= 11 is 1.45. The zero-order chi connectivity index (χ0) is 13.2. The Labute approximate surface area is 118 Å². The highest BCUT2D eigenvalue weighted by Crippen LogP contribution is 2.26. The van der Waals surface area contributed by atoms with E-state index in [2.05, 4.69) is 4.90 Å². The molecule has 1 aliphatic heterocycles. The summed E-state index contributed by atoms with van der Waals surface area (Å²) < 4.78 is 0. The van der Waals surface area contributed by atoms with Crippen LogP contribution in [0.1, 0.15) is 35.4 Å². The van der Waals surface area contributed by atoms with Crippen LogP contribution in [0, 0.1) is 0 Å². The minimum atomic E-state index is 0.110. The minimum Gasteiger partial charge on any atom is -0.397 e. The predicted octanol–water partition coefficient (Wildman–Crippen LogP) is 2.03. The second-order valence-electron chi connectivity index (χ2n) is 5.47. The molecule has 1 saturated heterocycles. The van der Waals surface area contributed by atoms with Gasteiger partial charge in [0.2, 0.25) is 0 Å². The Kier molecular flexibility index (Phi) is 3.75. The molecule has 2 N–H and O–H groups in total. The van der Waals surface area contributed by atoms with Gasteiger partial charge in [0.1, 0.15) is 4.88 Å². The first-order chi connectivity index (χ1) is 9.25. The monoisotopic (exact) mass is 279 g/mol. The molecule has 104 valence electrons. The third-order valence-corrected chi connectivity index (χ3v) is 5.25. The Bertz CT molecular complexity index is 445. The molecule has 4 nitrogen and oxygen atoms in total. The van der Waals surface area contributed by atoms with Gasteiger partial charge in [-0.2, -0.15) is 0 Å². The number of carbonyl (C=O) groups excluding carboxylic acids is 1. The molecule has 2 aliphatic rings. The summed E-state index contributed by atoms with van der Waals surface area (Å²) in [5.41, 5.74) is 6.45. The van der Waals surface area contributed by atoms with Crippen LogP contribution >= 0.6 is 11.3 Å². The smallest absolute Gasteiger partial charge is 0.266 e. The van der Waals surface area contributed by atoms with Crippen molar-refractivity contribution < 1.29 is 4.79 Å². The van der Waals surface area contributed by atoms with Gasteiger partial charge < -0.3 is 10.6 Å². The van der Waals surface area contributed by atoms with Crippen molar-refractivity contribution in [1.29, 1.82) is 0 Å². The molecule has 1 saturated carbocycles. The number of piperazine rings is 1. The Morgan fingerprint density at radius 2 is 1.89 bits per heavy atom. The van der Waals surface area contributed by atoms with Gasteiger partial charge in [-0.25, -0.2) is 0 Å². The molecule has 5 heteroatoms. The molecule has 0 unspecified atom stereocenters. The number of thiophene rings is 1. The Balaban J connectivity index is 1.58. The average Bonchev–Trinajstić information content (AvgIpc) is 3.09. The zero-order valence-corrected chi connectivity index (χ0v) is 12.0. The molecule has 0 atom stereocenters. The molecule has 0 aromatic carbocycles. The number of hydrogen-bond donors (Lipinski definition) is 1. The number of carbonyl (C=O) groups is 1. The van der Waals surface area contributed by atoms with Crippen molar-refractivity contribution >= 4 is 22.9 Å². The van der Waals surface area contributed by atoms with Crippen molar-refractivity contribution in [2.24, 2.45) is 0 Å². The third-order valence-electron chi connectivity index (χ3n) is 4.33. The topological polar surface area (TPSA) is 49.6 Å². The highest BCUT2D eigenvalue weighted by atomic mass is 32.1. The molecule has 2 heterocycles. The van der Waals surface area contributed by atoms with Gasteiger partial charge in [0.25, 0.3) is 5.91 Å².